The van der Waals surface area contributed by atoms with Gasteiger partial charge < -0.3 is 9.97 Å². The van der Waals surface area contributed by atoms with Gasteiger partial charge in [-0.2, -0.15) is 18.2 Å². The van der Waals surface area contributed by atoms with E-state index < -0.39 is 0 Å². The molecule has 1 radical (unpaired) electrons. The van der Waals surface area contributed by atoms with E-state index in [1.54, 1.807) is 6.07 Å². The van der Waals surface area contributed by atoms with Gasteiger partial charge in [-0.05, 0) is 18.2 Å². The van der Waals surface area contributed by atoms with Crippen LogP contribution in [-0.2, 0) is 60.2 Å². The van der Waals surface area contributed by atoms with E-state index in [2.05, 4.69) is 41.3 Å². The van der Waals surface area contributed by atoms with Crippen LogP contribution in [0.1, 0.15) is 17.0 Å². The number of aromatic nitrogens is 2. The maximum absolute atomic E-state index is 4.68. The molecule has 0 amide bonds. The Kier molecular flexibility index (Phi) is 8.32. The fourth-order valence-electron chi connectivity index (χ4n) is 2.03. The van der Waals surface area contributed by atoms with Crippen molar-refractivity contribution in [2.24, 2.45) is 0 Å². The zero-order valence-electron chi connectivity index (χ0n) is 12.2. The van der Waals surface area contributed by atoms with Gasteiger partial charge in [0, 0.05) is 59.5 Å². The molecule has 0 spiro atoms. The Labute approximate surface area is 170 Å². The third-order valence-electron chi connectivity index (χ3n) is 3.08. The third-order valence-corrected chi connectivity index (χ3v) is 3.08. The monoisotopic (exact) mass is 542 g/mol. The van der Waals surface area contributed by atoms with Crippen LogP contribution in [0.25, 0.3) is 11.3 Å². The minimum absolute atomic E-state index is 0. The van der Waals surface area contributed by atoms with Gasteiger partial charge in [-0.15, -0.1) is 35.4 Å². The van der Waals surface area contributed by atoms with Gasteiger partial charge in [-0.25, -0.2) is 0 Å². The Morgan fingerprint density at radius 1 is 1.00 bits per heavy atom. The zero-order chi connectivity index (χ0) is 13.8. The largest absolute Gasteiger partial charge is 0.391 e. The van der Waals surface area contributed by atoms with E-state index in [1.165, 1.54) is 5.56 Å². The van der Waals surface area contributed by atoms with Gasteiger partial charge in [-0.1, -0.05) is 30.9 Å². The van der Waals surface area contributed by atoms with E-state index in [4.69, 9.17) is 0 Å². The second kappa shape index (κ2) is 9.45. The van der Waals surface area contributed by atoms with E-state index in [9.17, 15) is 0 Å². The Morgan fingerprint density at radius 3 is 2.50 bits per heavy atom. The maximum atomic E-state index is 4.68. The summed E-state index contributed by atoms with van der Waals surface area (Å²) in [5.74, 6) is 0. The van der Waals surface area contributed by atoms with Gasteiger partial charge in [0.25, 0.3) is 0 Å². The Morgan fingerprint density at radius 2 is 1.82 bits per heavy atom. The summed E-state index contributed by atoms with van der Waals surface area (Å²) in [7, 11) is 0. The van der Waals surface area contributed by atoms with Crippen LogP contribution < -0.4 is 0 Å². The summed E-state index contributed by atoms with van der Waals surface area (Å²) in [6.45, 7) is 2.06. The van der Waals surface area contributed by atoms with Crippen LogP contribution in [0.4, 0.5) is 0 Å². The maximum Gasteiger partial charge on any atom is 0.0240 e. The molecule has 22 heavy (non-hydrogen) atoms. The van der Waals surface area contributed by atoms with Crippen LogP contribution in [-0.4, -0.2) is 9.97 Å². The van der Waals surface area contributed by atoms with Crippen molar-refractivity contribution in [1.82, 2.24) is 9.97 Å². The van der Waals surface area contributed by atoms with Gasteiger partial charge >= 0.3 is 0 Å². The molecule has 3 rings (SSSR count). The van der Waals surface area contributed by atoms with Gasteiger partial charge in [0.15, 0.2) is 0 Å². The van der Waals surface area contributed by atoms with Crippen molar-refractivity contribution >= 4 is 0 Å². The molecule has 0 saturated carbocycles. The predicted molar refractivity (Wildman–Crippen MR) is 79.1 cm³/mol. The van der Waals surface area contributed by atoms with Crippen molar-refractivity contribution in [2.45, 2.75) is 13.3 Å². The minimum atomic E-state index is 0. The molecule has 0 aliphatic heterocycles. The fourth-order valence-corrected chi connectivity index (χ4v) is 2.03. The van der Waals surface area contributed by atoms with Gasteiger partial charge in [-0.3, -0.25) is 0 Å². The first-order valence-corrected chi connectivity index (χ1v) is 6.58. The van der Waals surface area contributed by atoms with Crippen molar-refractivity contribution in [1.29, 1.82) is 0 Å². The molecule has 2 nitrogen and oxygen atoms in total. The number of aryl methyl sites for hydroxylation is 1. The van der Waals surface area contributed by atoms with Crippen LogP contribution in [0.2, 0.25) is 0 Å². The second-order valence-electron chi connectivity index (χ2n) is 4.73. The van der Waals surface area contributed by atoms with Crippen LogP contribution in [0.3, 0.4) is 0 Å². The van der Waals surface area contributed by atoms with Gasteiger partial charge in [0.05, 0.1) is 0 Å². The molecule has 0 unspecified atom stereocenters. The van der Waals surface area contributed by atoms with Crippen molar-refractivity contribution < 1.29 is 53.8 Å². The summed E-state index contributed by atoms with van der Waals surface area (Å²) in [6, 6.07) is 21.2. The molecule has 0 N–H and O–H groups in total. The average molecular weight is 542 g/mol. The standard InChI is InChI=1S/C18H14N2.Pt.Y/c1-14-8-10-15(11-9-14)18-7-4-6-17(20-18)13-16-5-2-3-12-19-16;;/h2-10H,13H2,1H3;;/q-2;;. The Hall–Kier alpha value is -0.688. The minimum Gasteiger partial charge on any atom is -0.391 e. The SMILES string of the molecule is Cc1c[c-]c(-c2cccc(Cc3ccc[c-]n3)n2)cc1.[Pt].[Y]. The summed E-state index contributed by atoms with van der Waals surface area (Å²) in [6.07, 6.45) is 3.57. The predicted octanol–water partition coefficient (Wildman–Crippen LogP) is 3.64. The topological polar surface area (TPSA) is 25.8 Å². The van der Waals surface area contributed by atoms with Crippen LogP contribution in [0.5, 0.6) is 0 Å². The molecule has 2 heterocycles. The summed E-state index contributed by atoms with van der Waals surface area (Å²) < 4.78 is 0. The molecular formula is C18H14N2PtY-2. The van der Waals surface area contributed by atoms with Crippen LogP contribution >= 0.6 is 0 Å². The zero-order valence-corrected chi connectivity index (χ0v) is 17.3. The number of hydrogen-bond acceptors (Lipinski definition) is 2. The molecule has 0 bridgehead atoms. The molecule has 0 fully saturated rings. The second-order valence-corrected chi connectivity index (χ2v) is 4.73. The van der Waals surface area contributed by atoms with E-state index in [1.807, 2.05) is 36.4 Å². The first-order valence-electron chi connectivity index (χ1n) is 6.58. The number of benzene rings is 1. The number of pyridine rings is 2. The summed E-state index contributed by atoms with van der Waals surface area (Å²) in [4.78, 5) is 8.90. The molecule has 0 atom stereocenters. The molecule has 1 aromatic carbocycles. The Bertz CT molecular complexity index is 700. The Balaban J connectivity index is 0.00000121. The van der Waals surface area contributed by atoms with Crippen molar-refractivity contribution in [3.8, 4) is 11.3 Å². The molecule has 0 aliphatic rings. The molecule has 111 valence electrons. The molecule has 3 aromatic rings. The molecular weight excluding hydrogens is 528 g/mol. The normalized spacial score (nSPS) is 9.50. The first-order chi connectivity index (χ1) is 9.81. The third kappa shape index (κ3) is 5.19. The van der Waals surface area contributed by atoms with E-state index >= 15 is 0 Å². The van der Waals surface area contributed by atoms with Crippen molar-refractivity contribution in [3.63, 3.8) is 0 Å². The number of nitrogens with zero attached hydrogens (tertiary/aromatic N) is 2. The first kappa shape index (κ1) is 19.4. The average Bonchev–Trinajstić information content (AvgIpc) is 2.49. The smallest absolute Gasteiger partial charge is 0.0240 e. The van der Waals surface area contributed by atoms with E-state index in [0.717, 1.165) is 29.1 Å². The molecule has 2 aromatic heterocycles. The van der Waals surface area contributed by atoms with E-state index in [-0.39, 0.29) is 53.8 Å². The van der Waals surface area contributed by atoms with E-state index in [0.29, 0.717) is 0 Å². The molecule has 0 saturated heterocycles. The van der Waals surface area contributed by atoms with Crippen LogP contribution in [0.15, 0.2) is 54.6 Å². The summed E-state index contributed by atoms with van der Waals surface area (Å²) in [5, 5.41) is 0. The van der Waals surface area contributed by atoms with Gasteiger partial charge in [0.1, 0.15) is 0 Å². The summed E-state index contributed by atoms with van der Waals surface area (Å²) in [5.41, 5.74) is 5.15. The number of hydrogen-bond donors (Lipinski definition) is 0. The number of rotatable bonds is 3. The quantitative estimate of drug-likeness (QED) is 0.473. The summed E-state index contributed by atoms with van der Waals surface area (Å²) >= 11 is 0. The van der Waals surface area contributed by atoms with Crippen LogP contribution in [0, 0.1) is 19.2 Å². The fraction of sp³-hybridized carbons (Fsp3) is 0.111. The molecule has 4 heteroatoms. The van der Waals surface area contributed by atoms with Gasteiger partial charge in [0.2, 0.25) is 0 Å². The van der Waals surface area contributed by atoms with Crippen molar-refractivity contribution in [3.05, 3.63) is 83.8 Å². The molecule has 0 aliphatic carbocycles. The van der Waals surface area contributed by atoms with Crippen molar-refractivity contribution in [2.75, 3.05) is 0 Å².